The molecule has 0 saturated heterocycles. The van der Waals surface area contributed by atoms with Gasteiger partial charge in [0, 0.05) is 10.7 Å². The third-order valence-corrected chi connectivity index (χ3v) is 5.58. The summed E-state index contributed by atoms with van der Waals surface area (Å²) >= 11 is 7.15. The molecule has 28 heavy (non-hydrogen) atoms. The van der Waals surface area contributed by atoms with Crippen LogP contribution in [0.4, 0.5) is 16.6 Å². The minimum Gasteiger partial charge on any atom is -0.465 e. The van der Waals surface area contributed by atoms with Gasteiger partial charge in [-0.3, -0.25) is 9.59 Å². The molecule has 2 aromatic heterocycles. The van der Waals surface area contributed by atoms with Crippen molar-refractivity contribution in [1.29, 1.82) is 0 Å². The molecule has 144 valence electrons. The number of rotatable bonds is 6. The highest BCUT2D eigenvalue weighted by Gasteiger charge is 2.58. The summed E-state index contributed by atoms with van der Waals surface area (Å²) in [5.74, 6) is -0.188. The summed E-state index contributed by atoms with van der Waals surface area (Å²) in [5.41, 5.74) is 0.463. The SMILES string of the molecule is CCOC(=O)C1(C(=O)Nc2nc3ccc(Nc4ccc(Cl)cc4)nc3s2)CC1. The molecule has 0 atom stereocenters. The number of hydrogen-bond acceptors (Lipinski definition) is 7. The predicted octanol–water partition coefficient (Wildman–Crippen LogP) is 4.37. The van der Waals surface area contributed by atoms with Gasteiger partial charge in [0.05, 0.1) is 6.61 Å². The molecule has 1 aromatic carbocycles. The highest BCUT2D eigenvalue weighted by molar-refractivity contribution is 7.22. The van der Waals surface area contributed by atoms with E-state index < -0.39 is 11.4 Å². The van der Waals surface area contributed by atoms with E-state index in [-0.39, 0.29) is 12.5 Å². The summed E-state index contributed by atoms with van der Waals surface area (Å²) in [7, 11) is 0. The third-order valence-electron chi connectivity index (χ3n) is 4.44. The fourth-order valence-corrected chi connectivity index (χ4v) is 3.72. The zero-order valence-corrected chi connectivity index (χ0v) is 16.6. The lowest BCUT2D eigenvalue weighted by Gasteiger charge is -2.12. The van der Waals surface area contributed by atoms with Crippen molar-refractivity contribution in [3.8, 4) is 0 Å². The van der Waals surface area contributed by atoms with Crippen molar-refractivity contribution in [2.45, 2.75) is 19.8 Å². The first-order chi connectivity index (χ1) is 13.5. The van der Waals surface area contributed by atoms with Crippen LogP contribution in [0.5, 0.6) is 0 Å². The number of nitrogens with zero attached hydrogens (tertiary/aromatic N) is 2. The van der Waals surface area contributed by atoms with E-state index in [4.69, 9.17) is 16.3 Å². The topological polar surface area (TPSA) is 93.2 Å². The largest absolute Gasteiger partial charge is 0.465 e. The zero-order chi connectivity index (χ0) is 19.7. The number of ether oxygens (including phenoxy) is 1. The molecule has 2 heterocycles. The molecule has 3 aromatic rings. The molecular formula is C19H17ClN4O3S. The van der Waals surface area contributed by atoms with Crippen LogP contribution in [0.2, 0.25) is 5.02 Å². The van der Waals surface area contributed by atoms with Gasteiger partial charge in [-0.1, -0.05) is 22.9 Å². The first-order valence-electron chi connectivity index (χ1n) is 8.79. The minimum atomic E-state index is -1.07. The highest BCUT2D eigenvalue weighted by atomic mass is 35.5. The van der Waals surface area contributed by atoms with Crippen molar-refractivity contribution in [3.05, 3.63) is 41.4 Å². The maximum atomic E-state index is 12.5. The molecule has 9 heteroatoms. The summed E-state index contributed by atoms with van der Waals surface area (Å²) < 4.78 is 5.02. The Morgan fingerprint density at radius 3 is 2.61 bits per heavy atom. The Kier molecular flexibility index (Phi) is 4.91. The Labute approximate surface area is 170 Å². The Morgan fingerprint density at radius 1 is 1.18 bits per heavy atom. The molecule has 1 aliphatic rings. The number of fused-ring (bicyclic) bond motifs is 1. The van der Waals surface area contributed by atoms with Crippen LogP contribution in [0.3, 0.4) is 0 Å². The summed E-state index contributed by atoms with van der Waals surface area (Å²) in [6, 6.07) is 10.9. The van der Waals surface area contributed by atoms with Gasteiger partial charge in [0.2, 0.25) is 5.91 Å². The van der Waals surface area contributed by atoms with Crippen LogP contribution >= 0.6 is 22.9 Å². The van der Waals surface area contributed by atoms with Gasteiger partial charge in [-0.2, -0.15) is 0 Å². The standard InChI is InChI=1S/C19H17ClN4O3S/c1-2-27-17(26)19(9-10-19)16(25)24-18-22-13-7-8-14(23-15(13)28-18)21-12-5-3-11(20)4-6-12/h3-8H,2,9-10H2,1H3,(H,21,23)(H,22,24,25). The fraction of sp³-hybridized carbons (Fsp3) is 0.263. The molecule has 7 nitrogen and oxygen atoms in total. The van der Waals surface area contributed by atoms with Crippen LogP contribution in [0.1, 0.15) is 19.8 Å². The minimum absolute atomic E-state index is 0.252. The summed E-state index contributed by atoms with van der Waals surface area (Å²) in [4.78, 5) is 34.2. The van der Waals surface area contributed by atoms with Crippen molar-refractivity contribution in [1.82, 2.24) is 9.97 Å². The number of amides is 1. The van der Waals surface area contributed by atoms with Crippen molar-refractivity contribution < 1.29 is 14.3 Å². The first-order valence-corrected chi connectivity index (χ1v) is 9.98. The van der Waals surface area contributed by atoms with E-state index in [0.29, 0.717) is 39.2 Å². The van der Waals surface area contributed by atoms with E-state index in [2.05, 4.69) is 20.6 Å². The summed E-state index contributed by atoms with van der Waals surface area (Å²) in [6.07, 6.45) is 0.992. The number of thiazole rings is 1. The van der Waals surface area contributed by atoms with Gasteiger partial charge < -0.3 is 15.4 Å². The lowest BCUT2D eigenvalue weighted by molar-refractivity contribution is -0.152. The molecule has 0 aliphatic heterocycles. The average Bonchev–Trinajstić information content (AvgIpc) is 3.40. The van der Waals surface area contributed by atoms with E-state index in [1.165, 1.54) is 11.3 Å². The van der Waals surface area contributed by atoms with Crippen molar-refractivity contribution >= 4 is 61.8 Å². The lowest BCUT2D eigenvalue weighted by atomic mass is 10.1. The summed E-state index contributed by atoms with van der Waals surface area (Å²) in [6.45, 7) is 1.98. The van der Waals surface area contributed by atoms with E-state index >= 15 is 0 Å². The Bertz CT molecular complexity index is 1050. The third kappa shape index (κ3) is 3.65. The molecular weight excluding hydrogens is 400 g/mol. The van der Waals surface area contributed by atoms with E-state index in [1.54, 1.807) is 19.1 Å². The van der Waals surface area contributed by atoms with Crippen LogP contribution in [-0.2, 0) is 14.3 Å². The van der Waals surface area contributed by atoms with Gasteiger partial charge in [-0.15, -0.1) is 0 Å². The maximum absolute atomic E-state index is 12.5. The zero-order valence-electron chi connectivity index (χ0n) is 15.0. The molecule has 1 aliphatic carbocycles. The predicted molar refractivity (Wildman–Crippen MR) is 109 cm³/mol. The maximum Gasteiger partial charge on any atom is 0.321 e. The van der Waals surface area contributed by atoms with Gasteiger partial charge >= 0.3 is 5.97 Å². The van der Waals surface area contributed by atoms with E-state index in [0.717, 1.165) is 5.69 Å². The second-order valence-corrected chi connectivity index (χ2v) is 7.84. The number of carbonyl (C=O) groups excluding carboxylic acids is 2. The van der Waals surface area contributed by atoms with Gasteiger partial charge in [0.15, 0.2) is 5.13 Å². The molecule has 0 spiro atoms. The second kappa shape index (κ2) is 7.37. The number of nitrogens with one attached hydrogen (secondary N) is 2. The quantitative estimate of drug-likeness (QED) is 0.457. The van der Waals surface area contributed by atoms with Crippen LogP contribution < -0.4 is 10.6 Å². The van der Waals surface area contributed by atoms with E-state index in [9.17, 15) is 9.59 Å². The van der Waals surface area contributed by atoms with Gasteiger partial charge in [0.25, 0.3) is 0 Å². The molecule has 1 amide bonds. The van der Waals surface area contributed by atoms with Crippen LogP contribution in [0.25, 0.3) is 10.3 Å². The number of aromatic nitrogens is 2. The lowest BCUT2D eigenvalue weighted by Crippen LogP contribution is -2.32. The first kappa shape index (κ1) is 18.6. The normalized spacial score (nSPS) is 14.5. The molecule has 0 bridgehead atoms. The van der Waals surface area contributed by atoms with Crippen LogP contribution in [-0.4, -0.2) is 28.5 Å². The Hall–Kier alpha value is -2.71. The molecule has 2 N–H and O–H groups in total. The second-order valence-electron chi connectivity index (χ2n) is 6.43. The number of anilines is 3. The van der Waals surface area contributed by atoms with Gasteiger partial charge in [-0.05, 0) is 56.2 Å². The van der Waals surface area contributed by atoms with Crippen molar-refractivity contribution in [3.63, 3.8) is 0 Å². The Morgan fingerprint density at radius 2 is 1.93 bits per heavy atom. The molecule has 0 unspecified atom stereocenters. The van der Waals surface area contributed by atoms with Crippen molar-refractivity contribution in [2.24, 2.45) is 5.41 Å². The molecule has 1 fully saturated rings. The summed E-state index contributed by atoms with van der Waals surface area (Å²) in [5, 5.41) is 7.01. The number of benzene rings is 1. The smallest absolute Gasteiger partial charge is 0.321 e. The molecule has 1 saturated carbocycles. The molecule has 0 radical (unpaired) electrons. The number of hydrogen-bond donors (Lipinski definition) is 2. The number of halogens is 1. The number of esters is 1. The van der Waals surface area contributed by atoms with Crippen LogP contribution in [0.15, 0.2) is 36.4 Å². The average molecular weight is 417 g/mol. The fourth-order valence-electron chi connectivity index (χ4n) is 2.76. The molecule has 4 rings (SSSR count). The Balaban J connectivity index is 1.49. The van der Waals surface area contributed by atoms with Crippen molar-refractivity contribution in [2.75, 3.05) is 17.2 Å². The van der Waals surface area contributed by atoms with Crippen LogP contribution in [0, 0.1) is 5.41 Å². The number of carbonyl (C=O) groups is 2. The monoisotopic (exact) mass is 416 g/mol. The number of pyridine rings is 1. The highest BCUT2D eigenvalue weighted by Crippen LogP contribution is 2.48. The van der Waals surface area contributed by atoms with Gasteiger partial charge in [-0.25, -0.2) is 9.97 Å². The van der Waals surface area contributed by atoms with Gasteiger partial charge in [0.1, 0.15) is 21.6 Å². The van der Waals surface area contributed by atoms with E-state index in [1.807, 2.05) is 24.3 Å².